The third-order valence-corrected chi connectivity index (χ3v) is 3.27. The molecule has 1 fully saturated rings. The number of amides is 1. The predicted molar refractivity (Wildman–Crippen MR) is 66.7 cm³/mol. The average Bonchev–Trinajstić information content (AvgIpc) is 2.30. The van der Waals surface area contributed by atoms with E-state index >= 15 is 0 Å². The van der Waals surface area contributed by atoms with E-state index in [2.05, 4.69) is 43.4 Å². The summed E-state index contributed by atoms with van der Waals surface area (Å²) in [6.07, 6.45) is 1.04. The van der Waals surface area contributed by atoms with Crippen molar-refractivity contribution < 1.29 is 9.53 Å². The lowest BCUT2D eigenvalue weighted by atomic mass is 9.80. The Hall–Kier alpha value is -1.35. The maximum Gasteiger partial charge on any atom is 0.246 e. The van der Waals surface area contributed by atoms with Crippen LogP contribution >= 0.6 is 0 Å². The molecule has 0 bridgehead atoms. The van der Waals surface area contributed by atoms with E-state index in [-0.39, 0.29) is 24.0 Å². The van der Waals surface area contributed by atoms with Crippen LogP contribution in [0.15, 0.2) is 30.3 Å². The lowest BCUT2D eigenvalue weighted by molar-refractivity contribution is -0.138. The monoisotopic (exact) mass is 233 g/mol. The third kappa shape index (κ3) is 3.07. The highest BCUT2D eigenvalue weighted by Crippen LogP contribution is 2.29. The first kappa shape index (κ1) is 12.1. The topological polar surface area (TPSA) is 38.3 Å². The van der Waals surface area contributed by atoms with Gasteiger partial charge >= 0.3 is 0 Å². The molecule has 0 aromatic heterocycles. The van der Waals surface area contributed by atoms with E-state index in [9.17, 15) is 4.79 Å². The van der Waals surface area contributed by atoms with E-state index in [1.165, 1.54) is 5.56 Å². The molecule has 1 heterocycles. The molecular formula is C14H19NO2. The van der Waals surface area contributed by atoms with Crippen molar-refractivity contribution >= 4 is 5.91 Å². The number of hydrogen-bond acceptors (Lipinski definition) is 2. The fourth-order valence-corrected chi connectivity index (χ4v) is 2.23. The Morgan fingerprint density at radius 3 is 2.65 bits per heavy atom. The number of carbonyl (C=O) groups is 1. The molecule has 1 saturated heterocycles. The maximum absolute atomic E-state index is 11.1. The van der Waals surface area contributed by atoms with Crippen LogP contribution in [0.3, 0.4) is 0 Å². The molecule has 1 N–H and O–H groups in total. The van der Waals surface area contributed by atoms with E-state index in [1.54, 1.807) is 0 Å². The molecule has 0 saturated carbocycles. The maximum atomic E-state index is 11.1. The molecule has 0 aliphatic carbocycles. The zero-order valence-electron chi connectivity index (χ0n) is 10.4. The Labute approximate surface area is 102 Å². The Morgan fingerprint density at radius 2 is 2.06 bits per heavy atom. The highest BCUT2D eigenvalue weighted by Gasteiger charge is 2.33. The minimum absolute atomic E-state index is 0.0169. The number of benzene rings is 1. The van der Waals surface area contributed by atoms with Gasteiger partial charge in [-0.2, -0.15) is 0 Å². The quantitative estimate of drug-likeness (QED) is 0.864. The van der Waals surface area contributed by atoms with Gasteiger partial charge in [-0.15, -0.1) is 0 Å². The van der Waals surface area contributed by atoms with Crippen molar-refractivity contribution in [2.45, 2.75) is 26.4 Å². The standard InChI is InChI=1S/C14H19NO2/c1-14(2,8-11-6-4-3-5-7-11)12-9-15-13(16)10-17-12/h3-7,12H,8-10H2,1-2H3,(H,15,16). The first-order valence-corrected chi connectivity index (χ1v) is 6.00. The summed E-state index contributed by atoms with van der Waals surface area (Å²) in [5, 5.41) is 2.86. The molecule has 2 rings (SSSR count). The van der Waals surface area contributed by atoms with Crippen LogP contribution in [0.5, 0.6) is 0 Å². The zero-order chi connectivity index (χ0) is 12.3. The van der Waals surface area contributed by atoms with Crippen molar-refractivity contribution in [1.29, 1.82) is 0 Å². The Morgan fingerprint density at radius 1 is 1.35 bits per heavy atom. The van der Waals surface area contributed by atoms with Gasteiger partial charge in [0.05, 0.1) is 6.10 Å². The number of carbonyl (C=O) groups excluding carboxylic acids is 1. The first-order valence-electron chi connectivity index (χ1n) is 6.00. The smallest absolute Gasteiger partial charge is 0.246 e. The summed E-state index contributed by atoms with van der Waals surface area (Å²) < 4.78 is 5.62. The molecular weight excluding hydrogens is 214 g/mol. The van der Waals surface area contributed by atoms with E-state index in [1.807, 2.05) is 6.07 Å². The second kappa shape index (κ2) is 4.88. The summed E-state index contributed by atoms with van der Waals surface area (Å²) in [7, 11) is 0. The summed E-state index contributed by atoms with van der Waals surface area (Å²) in [6, 6.07) is 10.4. The van der Waals surface area contributed by atoms with Gasteiger partial charge in [-0.3, -0.25) is 4.79 Å². The Balaban J connectivity index is 2.01. The van der Waals surface area contributed by atoms with E-state index in [0.29, 0.717) is 6.54 Å². The van der Waals surface area contributed by atoms with Crippen molar-refractivity contribution in [3.8, 4) is 0 Å². The van der Waals surface area contributed by atoms with Gasteiger partial charge in [0.2, 0.25) is 5.91 Å². The number of rotatable bonds is 3. The molecule has 1 amide bonds. The third-order valence-electron chi connectivity index (χ3n) is 3.27. The fraction of sp³-hybridized carbons (Fsp3) is 0.500. The van der Waals surface area contributed by atoms with Crippen LogP contribution < -0.4 is 5.32 Å². The summed E-state index contributed by atoms with van der Waals surface area (Å²) in [5.74, 6) is -0.0169. The van der Waals surface area contributed by atoms with Gasteiger partial charge < -0.3 is 10.1 Å². The highest BCUT2D eigenvalue weighted by molar-refractivity contribution is 5.77. The SMILES string of the molecule is CC(C)(Cc1ccccc1)C1CNC(=O)CO1. The van der Waals surface area contributed by atoms with Crippen LogP contribution in [0.4, 0.5) is 0 Å². The zero-order valence-corrected chi connectivity index (χ0v) is 10.4. The van der Waals surface area contributed by atoms with Gasteiger partial charge in [0.25, 0.3) is 0 Å². The van der Waals surface area contributed by atoms with Crippen molar-refractivity contribution in [3.63, 3.8) is 0 Å². The Bertz CT molecular complexity index is 376. The van der Waals surface area contributed by atoms with Crippen molar-refractivity contribution in [2.75, 3.05) is 13.2 Å². The van der Waals surface area contributed by atoms with Crippen LogP contribution in [0.1, 0.15) is 19.4 Å². The number of ether oxygens (including phenoxy) is 1. The van der Waals surface area contributed by atoms with Gasteiger partial charge in [0.1, 0.15) is 6.61 Å². The minimum atomic E-state index is -0.0169. The summed E-state index contributed by atoms with van der Waals surface area (Å²) in [4.78, 5) is 11.1. The summed E-state index contributed by atoms with van der Waals surface area (Å²) >= 11 is 0. The number of morpholine rings is 1. The van der Waals surface area contributed by atoms with Crippen molar-refractivity contribution in [2.24, 2.45) is 5.41 Å². The first-order chi connectivity index (χ1) is 8.08. The molecule has 3 heteroatoms. The molecule has 1 aliphatic rings. The van der Waals surface area contributed by atoms with Crippen LogP contribution in [-0.2, 0) is 16.0 Å². The summed E-state index contributed by atoms with van der Waals surface area (Å²) in [5.41, 5.74) is 1.33. The molecule has 17 heavy (non-hydrogen) atoms. The molecule has 1 aliphatic heterocycles. The van der Waals surface area contributed by atoms with Crippen LogP contribution in [0.25, 0.3) is 0 Å². The van der Waals surface area contributed by atoms with Crippen molar-refractivity contribution in [1.82, 2.24) is 5.32 Å². The molecule has 3 nitrogen and oxygen atoms in total. The van der Waals surface area contributed by atoms with Crippen LogP contribution in [-0.4, -0.2) is 25.2 Å². The highest BCUT2D eigenvalue weighted by atomic mass is 16.5. The van der Waals surface area contributed by atoms with Crippen LogP contribution in [0, 0.1) is 5.41 Å². The second-order valence-corrected chi connectivity index (χ2v) is 5.25. The van der Waals surface area contributed by atoms with E-state index in [0.717, 1.165) is 6.42 Å². The van der Waals surface area contributed by atoms with Gasteiger partial charge in [0.15, 0.2) is 0 Å². The molecule has 1 unspecified atom stereocenters. The fourth-order valence-electron chi connectivity index (χ4n) is 2.23. The predicted octanol–water partition coefficient (Wildman–Crippen LogP) is 1.77. The number of hydrogen-bond donors (Lipinski definition) is 1. The number of nitrogens with one attached hydrogen (secondary N) is 1. The molecule has 0 spiro atoms. The molecule has 1 atom stereocenters. The molecule has 92 valence electrons. The van der Waals surface area contributed by atoms with E-state index < -0.39 is 0 Å². The Kier molecular flexibility index (Phi) is 3.48. The lowest BCUT2D eigenvalue weighted by Gasteiger charge is -2.36. The summed E-state index contributed by atoms with van der Waals surface area (Å²) in [6.45, 7) is 5.16. The van der Waals surface area contributed by atoms with Crippen LogP contribution in [0.2, 0.25) is 0 Å². The lowest BCUT2D eigenvalue weighted by Crippen LogP contribution is -2.50. The van der Waals surface area contributed by atoms with Gasteiger partial charge in [0, 0.05) is 6.54 Å². The van der Waals surface area contributed by atoms with Gasteiger partial charge in [-0.05, 0) is 17.4 Å². The normalized spacial score (nSPS) is 21.1. The molecule has 0 radical (unpaired) electrons. The van der Waals surface area contributed by atoms with Gasteiger partial charge in [-0.25, -0.2) is 0 Å². The van der Waals surface area contributed by atoms with E-state index in [4.69, 9.17) is 4.74 Å². The molecule has 1 aromatic carbocycles. The minimum Gasteiger partial charge on any atom is -0.366 e. The second-order valence-electron chi connectivity index (χ2n) is 5.25. The molecule has 1 aromatic rings. The van der Waals surface area contributed by atoms with Crippen molar-refractivity contribution in [3.05, 3.63) is 35.9 Å². The largest absolute Gasteiger partial charge is 0.366 e. The average molecular weight is 233 g/mol. The van der Waals surface area contributed by atoms with Gasteiger partial charge in [-0.1, -0.05) is 44.2 Å².